The number of fused-ring (bicyclic) bond motifs is 1. The molecule has 2 N–H and O–H groups in total. The number of halogens is 1. The maximum atomic E-state index is 12.3. The molecule has 1 heterocycles. The molecule has 0 atom stereocenters. The molecular weight excluding hydrogens is 396 g/mol. The molecule has 0 spiro atoms. The van der Waals surface area contributed by atoms with Crippen molar-refractivity contribution in [3.05, 3.63) is 63.5 Å². The Hall–Kier alpha value is -2.57. The van der Waals surface area contributed by atoms with E-state index in [4.69, 9.17) is 16.3 Å². The maximum absolute atomic E-state index is 12.3. The van der Waals surface area contributed by atoms with Crippen molar-refractivity contribution in [1.82, 2.24) is 10.6 Å². The molecule has 0 aliphatic carbocycles. The number of benzene rings is 2. The summed E-state index contributed by atoms with van der Waals surface area (Å²) >= 11 is 7.59. The van der Waals surface area contributed by atoms with Gasteiger partial charge < -0.3 is 15.4 Å². The lowest BCUT2D eigenvalue weighted by Gasteiger charge is -2.10. The number of hydrogen-bond donors (Lipinski definition) is 2. The number of carbonyl (C=O) groups excluding carboxylic acids is 2. The second-order valence-corrected chi connectivity index (χ2v) is 7.82. The van der Waals surface area contributed by atoms with Gasteiger partial charge in [0, 0.05) is 10.1 Å². The molecule has 0 bridgehead atoms. The van der Waals surface area contributed by atoms with Crippen LogP contribution in [0.15, 0.2) is 42.5 Å². The molecule has 7 heteroatoms. The van der Waals surface area contributed by atoms with E-state index in [0.717, 1.165) is 21.4 Å². The zero-order chi connectivity index (χ0) is 20.1. The fraction of sp³-hybridized carbons (Fsp3) is 0.238. The molecule has 146 valence electrons. The van der Waals surface area contributed by atoms with Crippen LogP contribution in [0.3, 0.4) is 0 Å². The lowest BCUT2D eigenvalue weighted by atomic mass is 10.1. The van der Waals surface area contributed by atoms with Crippen molar-refractivity contribution in [2.24, 2.45) is 0 Å². The molecule has 0 saturated heterocycles. The third kappa shape index (κ3) is 4.82. The van der Waals surface area contributed by atoms with E-state index in [-0.39, 0.29) is 18.4 Å². The van der Waals surface area contributed by atoms with E-state index in [1.54, 1.807) is 0 Å². The van der Waals surface area contributed by atoms with Crippen LogP contribution in [-0.4, -0.2) is 31.5 Å². The van der Waals surface area contributed by atoms with E-state index in [1.807, 2.05) is 56.3 Å². The van der Waals surface area contributed by atoms with Gasteiger partial charge in [-0.1, -0.05) is 47.5 Å². The molecule has 28 heavy (non-hydrogen) atoms. The smallest absolute Gasteiger partial charge is 0.263 e. The number of amides is 2. The van der Waals surface area contributed by atoms with Crippen LogP contribution in [0.25, 0.3) is 10.1 Å². The summed E-state index contributed by atoms with van der Waals surface area (Å²) < 4.78 is 6.60. The predicted molar refractivity (Wildman–Crippen MR) is 114 cm³/mol. The molecule has 2 amide bonds. The fourth-order valence-electron chi connectivity index (χ4n) is 2.78. The van der Waals surface area contributed by atoms with E-state index in [9.17, 15) is 9.59 Å². The van der Waals surface area contributed by atoms with Crippen molar-refractivity contribution in [2.45, 2.75) is 13.8 Å². The molecule has 1 aromatic heterocycles. The zero-order valence-electron chi connectivity index (χ0n) is 15.7. The number of aryl methyl sites for hydroxylation is 2. The van der Waals surface area contributed by atoms with E-state index in [0.29, 0.717) is 23.1 Å². The van der Waals surface area contributed by atoms with Gasteiger partial charge in [0.25, 0.3) is 5.91 Å². The Labute approximate surface area is 172 Å². The molecular formula is C21H21ClN2O3S. The van der Waals surface area contributed by atoms with E-state index >= 15 is 0 Å². The van der Waals surface area contributed by atoms with Crippen molar-refractivity contribution in [1.29, 1.82) is 0 Å². The summed E-state index contributed by atoms with van der Waals surface area (Å²) in [5.74, 6) is 0.162. The molecule has 2 aromatic carbocycles. The molecule has 0 radical (unpaired) electrons. The minimum absolute atomic E-state index is 0.118. The number of hydrogen-bond acceptors (Lipinski definition) is 4. The van der Waals surface area contributed by atoms with Crippen molar-refractivity contribution >= 4 is 44.8 Å². The van der Waals surface area contributed by atoms with Crippen LogP contribution in [-0.2, 0) is 4.79 Å². The fourth-order valence-corrected chi connectivity index (χ4v) is 4.21. The average molecular weight is 417 g/mol. The predicted octanol–water partition coefficient (Wildman–Crippen LogP) is 4.10. The number of rotatable bonds is 7. The Balaban J connectivity index is 1.43. The number of ether oxygens (including phenoxy) is 1. The van der Waals surface area contributed by atoms with Gasteiger partial charge in [-0.05, 0) is 31.5 Å². The Kier molecular flexibility index (Phi) is 6.54. The first-order valence-corrected chi connectivity index (χ1v) is 10.1. The van der Waals surface area contributed by atoms with E-state index in [1.165, 1.54) is 16.9 Å². The van der Waals surface area contributed by atoms with Crippen molar-refractivity contribution in [3.63, 3.8) is 0 Å². The Bertz CT molecular complexity index is 1020. The Morgan fingerprint density at radius 2 is 1.89 bits per heavy atom. The highest BCUT2D eigenvalue weighted by atomic mass is 35.5. The summed E-state index contributed by atoms with van der Waals surface area (Å²) in [7, 11) is 0. The quantitative estimate of drug-likeness (QED) is 0.570. The van der Waals surface area contributed by atoms with Gasteiger partial charge in [0.15, 0.2) is 0 Å². The van der Waals surface area contributed by atoms with Gasteiger partial charge in [0.1, 0.15) is 17.2 Å². The van der Waals surface area contributed by atoms with Gasteiger partial charge in [-0.2, -0.15) is 0 Å². The molecule has 0 saturated carbocycles. The highest BCUT2D eigenvalue weighted by Gasteiger charge is 2.17. The third-order valence-corrected chi connectivity index (χ3v) is 5.84. The number of carbonyl (C=O) groups is 2. The summed E-state index contributed by atoms with van der Waals surface area (Å²) in [4.78, 5) is 24.7. The summed E-state index contributed by atoms with van der Waals surface area (Å²) in [6, 6.07) is 13.5. The Morgan fingerprint density at radius 3 is 2.64 bits per heavy atom. The van der Waals surface area contributed by atoms with Gasteiger partial charge in [0.2, 0.25) is 5.91 Å². The highest BCUT2D eigenvalue weighted by Crippen LogP contribution is 2.34. The summed E-state index contributed by atoms with van der Waals surface area (Å²) in [5.41, 5.74) is 2.23. The topological polar surface area (TPSA) is 67.4 Å². The first kappa shape index (κ1) is 20.2. The molecule has 0 fully saturated rings. The summed E-state index contributed by atoms with van der Waals surface area (Å²) in [5, 5.41) is 6.59. The SMILES string of the molecule is Cc1ccc(OCCNC(=O)CNC(=O)c2sc3ccccc3c2Cl)c(C)c1. The van der Waals surface area contributed by atoms with Crippen LogP contribution in [0, 0.1) is 13.8 Å². The van der Waals surface area contributed by atoms with Gasteiger partial charge in [0.05, 0.1) is 18.1 Å². The first-order valence-electron chi connectivity index (χ1n) is 8.87. The first-order chi connectivity index (χ1) is 13.5. The molecule has 0 aliphatic rings. The monoisotopic (exact) mass is 416 g/mol. The maximum Gasteiger partial charge on any atom is 0.263 e. The minimum Gasteiger partial charge on any atom is -0.491 e. The lowest BCUT2D eigenvalue weighted by molar-refractivity contribution is -0.120. The van der Waals surface area contributed by atoms with Crippen molar-refractivity contribution < 1.29 is 14.3 Å². The van der Waals surface area contributed by atoms with E-state index in [2.05, 4.69) is 10.6 Å². The summed E-state index contributed by atoms with van der Waals surface area (Å²) in [6.45, 7) is 4.59. The minimum atomic E-state index is -0.354. The average Bonchev–Trinajstić information content (AvgIpc) is 3.02. The molecule has 0 unspecified atom stereocenters. The standard InChI is InChI=1S/C21H21ClN2O3S/c1-13-7-8-16(14(2)11-13)27-10-9-23-18(25)12-24-21(26)20-19(22)15-5-3-4-6-17(15)28-20/h3-8,11H,9-10,12H2,1-2H3,(H,23,25)(H,24,26). The van der Waals surface area contributed by atoms with Crippen molar-refractivity contribution in [2.75, 3.05) is 19.7 Å². The van der Waals surface area contributed by atoms with Gasteiger partial charge in [-0.3, -0.25) is 9.59 Å². The highest BCUT2D eigenvalue weighted by molar-refractivity contribution is 7.21. The second kappa shape index (κ2) is 9.08. The van der Waals surface area contributed by atoms with Crippen molar-refractivity contribution in [3.8, 4) is 5.75 Å². The third-order valence-electron chi connectivity index (χ3n) is 4.16. The largest absolute Gasteiger partial charge is 0.491 e. The van der Waals surface area contributed by atoms with Crippen LogP contribution >= 0.6 is 22.9 Å². The molecule has 0 aliphatic heterocycles. The summed E-state index contributed by atoms with van der Waals surface area (Å²) in [6.07, 6.45) is 0. The van der Waals surface area contributed by atoms with E-state index < -0.39 is 0 Å². The second-order valence-electron chi connectivity index (χ2n) is 6.39. The molecule has 3 aromatic rings. The molecule has 5 nitrogen and oxygen atoms in total. The van der Waals surface area contributed by atoms with Crippen LogP contribution in [0.4, 0.5) is 0 Å². The molecule has 3 rings (SSSR count). The van der Waals surface area contributed by atoms with Crippen LogP contribution in [0.2, 0.25) is 5.02 Å². The van der Waals surface area contributed by atoms with Gasteiger partial charge in [-0.15, -0.1) is 11.3 Å². The number of nitrogens with one attached hydrogen (secondary N) is 2. The Morgan fingerprint density at radius 1 is 1.11 bits per heavy atom. The number of thiophene rings is 1. The lowest BCUT2D eigenvalue weighted by Crippen LogP contribution is -2.38. The zero-order valence-corrected chi connectivity index (χ0v) is 17.2. The van der Waals surface area contributed by atoms with Crippen LogP contribution in [0.1, 0.15) is 20.8 Å². The normalized spacial score (nSPS) is 10.7. The van der Waals surface area contributed by atoms with Gasteiger partial charge in [-0.25, -0.2) is 0 Å². The van der Waals surface area contributed by atoms with Gasteiger partial charge >= 0.3 is 0 Å². The van der Waals surface area contributed by atoms with Crippen LogP contribution < -0.4 is 15.4 Å². The van der Waals surface area contributed by atoms with Crippen LogP contribution in [0.5, 0.6) is 5.75 Å².